The number of hydrogen-bond acceptors (Lipinski definition) is 4. The van der Waals surface area contributed by atoms with Crippen LogP contribution in [0.2, 0.25) is 0 Å². The smallest absolute Gasteiger partial charge is 0.106 e. The summed E-state index contributed by atoms with van der Waals surface area (Å²) in [6, 6.07) is 6.09. The average Bonchev–Trinajstić information content (AvgIpc) is 2.37. The number of nitrogens with one attached hydrogen (secondary N) is 1. The van der Waals surface area contributed by atoms with Crippen LogP contribution in [0.25, 0.3) is 0 Å². The van der Waals surface area contributed by atoms with E-state index in [1.807, 2.05) is 19.1 Å². The van der Waals surface area contributed by atoms with Gasteiger partial charge in [0.25, 0.3) is 0 Å². The van der Waals surface area contributed by atoms with E-state index in [0.717, 1.165) is 43.1 Å². The summed E-state index contributed by atoms with van der Waals surface area (Å²) in [5.41, 5.74) is 8.80. The van der Waals surface area contributed by atoms with Gasteiger partial charge in [-0.25, -0.2) is 0 Å². The molecule has 5 heteroatoms. The van der Waals surface area contributed by atoms with Gasteiger partial charge in [0.2, 0.25) is 0 Å². The lowest BCUT2D eigenvalue weighted by atomic mass is 10.1. The molecule has 0 aromatic heterocycles. The first-order valence-electron chi connectivity index (χ1n) is 6.50. The van der Waals surface area contributed by atoms with E-state index in [4.69, 9.17) is 22.7 Å². The van der Waals surface area contributed by atoms with E-state index < -0.39 is 0 Å². The normalized spacial score (nSPS) is 20.2. The molecule has 1 unspecified atom stereocenters. The van der Waals surface area contributed by atoms with Gasteiger partial charge in [-0.15, -0.1) is 0 Å². The zero-order valence-corrected chi connectivity index (χ0v) is 12.3. The van der Waals surface area contributed by atoms with E-state index >= 15 is 0 Å². The summed E-state index contributed by atoms with van der Waals surface area (Å²) >= 11 is 5.10. The predicted octanol–water partition coefficient (Wildman–Crippen LogP) is 1.37. The van der Waals surface area contributed by atoms with Gasteiger partial charge in [-0.05, 0) is 26.1 Å². The van der Waals surface area contributed by atoms with Crippen molar-refractivity contribution < 1.29 is 4.74 Å². The van der Waals surface area contributed by atoms with Crippen LogP contribution < -0.4 is 11.1 Å². The standard InChI is InChI=1S/C14H21N3OS/c1-10-3-4-13(12(7-10)14(15)19)16-8-11-9-17(2)5-6-18-11/h3-4,7,11,16H,5-6,8-9H2,1-2H3,(H2,15,19). The molecule has 4 nitrogen and oxygen atoms in total. The van der Waals surface area contributed by atoms with Gasteiger partial charge in [-0.1, -0.05) is 23.8 Å². The molecule has 0 aliphatic carbocycles. The lowest BCUT2D eigenvalue weighted by Gasteiger charge is -2.30. The molecule has 0 amide bonds. The molecule has 2 rings (SSSR count). The maximum Gasteiger partial charge on any atom is 0.106 e. The van der Waals surface area contributed by atoms with Crippen molar-refractivity contribution in [3.05, 3.63) is 29.3 Å². The van der Waals surface area contributed by atoms with Crippen LogP contribution in [0.4, 0.5) is 5.69 Å². The van der Waals surface area contributed by atoms with Crippen LogP contribution >= 0.6 is 12.2 Å². The largest absolute Gasteiger partial charge is 0.389 e. The highest BCUT2D eigenvalue weighted by atomic mass is 32.1. The summed E-state index contributed by atoms with van der Waals surface area (Å²) in [5.74, 6) is 0. The Kier molecular flexibility index (Phi) is 4.74. The van der Waals surface area contributed by atoms with Gasteiger partial charge >= 0.3 is 0 Å². The molecule has 1 aliphatic heterocycles. The number of benzene rings is 1. The van der Waals surface area contributed by atoms with Crippen LogP contribution in [-0.4, -0.2) is 49.3 Å². The highest BCUT2D eigenvalue weighted by Crippen LogP contribution is 2.18. The maximum absolute atomic E-state index is 5.77. The van der Waals surface area contributed by atoms with Crippen LogP contribution in [0.15, 0.2) is 18.2 Å². The Bertz CT molecular complexity index is 464. The number of anilines is 1. The molecular weight excluding hydrogens is 258 g/mol. The van der Waals surface area contributed by atoms with Crippen LogP contribution in [0.3, 0.4) is 0 Å². The minimum Gasteiger partial charge on any atom is -0.389 e. The molecule has 3 N–H and O–H groups in total. The SMILES string of the molecule is Cc1ccc(NCC2CN(C)CCO2)c(C(N)=S)c1. The molecule has 1 fully saturated rings. The number of hydrogen-bond donors (Lipinski definition) is 2. The zero-order chi connectivity index (χ0) is 13.8. The number of nitrogens with zero attached hydrogens (tertiary/aromatic N) is 1. The topological polar surface area (TPSA) is 50.5 Å². The van der Waals surface area contributed by atoms with Crippen molar-refractivity contribution in [1.29, 1.82) is 0 Å². The molecule has 1 aromatic rings. The van der Waals surface area contributed by atoms with Gasteiger partial charge in [-0.3, -0.25) is 0 Å². The molecule has 19 heavy (non-hydrogen) atoms. The van der Waals surface area contributed by atoms with Gasteiger partial charge in [-0.2, -0.15) is 0 Å². The van der Waals surface area contributed by atoms with Crippen molar-refractivity contribution >= 4 is 22.9 Å². The third-order valence-electron chi connectivity index (χ3n) is 3.30. The lowest BCUT2D eigenvalue weighted by Crippen LogP contribution is -2.43. The highest BCUT2D eigenvalue weighted by Gasteiger charge is 2.17. The van der Waals surface area contributed by atoms with Crippen molar-refractivity contribution in [3.8, 4) is 0 Å². The fourth-order valence-corrected chi connectivity index (χ4v) is 2.40. The number of likely N-dealkylation sites (N-methyl/N-ethyl adjacent to an activating group) is 1. The van der Waals surface area contributed by atoms with E-state index in [1.54, 1.807) is 0 Å². The predicted molar refractivity (Wildman–Crippen MR) is 82.8 cm³/mol. The summed E-state index contributed by atoms with van der Waals surface area (Å²) in [6.07, 6.45) is 0.208. The van der Waals surface area contributed by atoms with Crippen LogP contribution in [0.5, 0.6) is 0 Å². The first kappa shape index (κ1) is 14.2. The Balaban J connectivity index is 2.01. The molecule has 1 aliphatic rings. The second kappa shape index (κ2) is 6.32. The molecule has 1 heterocycles. The van der Waals surface area contributed by atoms with E-state index in [2.05, 4.69) is 23.3 Å². The molecular formula is C14H21N3OS. The minimum absolute atomic E-state index is 0.208. The highest BCUT2D eigenvalue weighted by molar-refractivity contribution is 7.80. The van der Waals surface area contributed by atoms with Crippen molar-refractivity contribution in [2.75, 3.05) is 38.6 Å². The molecule has 0 saturated carbocycles. The van der Waals surface area contributed by atoms with Crippen molar-refractivity contribution in [3.63, 3.8) is 0 Å². The Labute approximate surface area is 119 Å². The van der Waals surface area contributed by atoms with Crippen LogP contribution in [0, 0.1) is 6.92 Å². The molecule has 1 aromatic carbocycles. The monoisotopic (exact) mass is 279 g/mol. The first-order valence-corrected chi connectivity index (χ1v) is 6.91. The Hall–Kier alpha value is -1.17. The van der Waals surface area contributed by atoms with Crippen LogP contribution in [-0.2, 0) is 4.74 Å². The number of thiocarbonyl (C=S) groups is 1. The average molecular weight is 279 g/mol. The van der Waals surface area contributed by atoms with Crippen molar-refractivity contribution in [1.82, 2.24) is 4.90 Å². The third-order valence-corrected chi connectivity index (χ3v) is 3.52. The van der Waals surface area contributed by atoms with E-state index in [-0.39, 0.29) is 6.10 Å². The third kappa shape index (κ3) is 3.89. The lowest BCUT2D eigenvalue weighted by molar-refractivity contribution is -0.0117. The number of morpholine rings is 1. The molecule has 0 spiro atoms. The molecule has 0 radical (unpaired) electrons. The summed E-state index contributed by atoms with van der Waals surface area (Å²) < 4.78 is 5.73. The van der Waals surface area contributed by atoms with E-state index in [9.17, 15) is 0 Å². The maximum atomic E-state index is 5.77. The fourth-order valence-electron chi connectivity index (χ4n) is 2.23. The first-order chi connectivity index (χ1) is 9.06. The van der Waals surface area contributed by atoms with Gasteiger partial charge in [0.1, 0.15) is 4.99 Å². The number of aryl methyl sites for hydroxylation is 1. The Morgan fingerprint density at radius 3 is 3.05 bits per heavy atom. The summed E-state index contributed by atoms with van der Waals surface area (Å²) in [5, 5.41) is 3.39. The quantitative estimate of drug-likeness (QED) is 0.815. The Morgan fingerprint density at radius 2 is 2.37 bits per heavy atom. The Morgan fingerprint density at radius 1 is 1.58 bits per heavy atom. The summed E-state index contributed by atoms with van der Waals surface area (Å²) in [4.78, 5) is 2.70. The minimum atomic E-state index is 0.208. The zero-order valence-electron chi connectivity index (χ0n) is 11.5. The van der Waals surface area contributed by atoms with Gasteiger partial charge in [0.05, 0.1) is 12.7 Å². The van der Waals surface area contributed by atoms with E-state index in [0.29, 0.717) is 4.99 Å². The molecule has 1 saturated heterocycles. The summed E-state index contributed by atoms with van der Waals surface area (Å²) in [7, 11) is 2.11. The van der Waals surface area contributed by atoms with Gasteiger partial charge in [0, 0.05) is 30.9 Å². The second-order valence-electron chi connectivity index (χ2n) is 5.05. The van der Waals surface area contributed by atoms with Crippen LogP contribution in [0.1, 0.15) is 11.1 Å². The molecule has 0 bridgehead atoms. The van der Waals surface area contributed by atoms with Gasteiger partial charge < -0.3 is 20.7 Å². The van der Waals surface area contributed by atoms with Gasteiger partial charge in [0.15, 0.2) is 0 Å². The number of nitrogens with two attached hydrogens (primary N) is 1. The van der Waals surface area contributed by atoms with E-state index in [1.165, 1.54) is 0 Å². The second-order valence-corrected chi connectivity index (χ2v) is 5.49. The molecule has 1 atom stereocenters. The van der Waals surface area contributed by atoms with Crippen molar-refractivity contribution in [2.24, 2.45) is 5.73 Å². The number of ether oxygens (including phenoxy) is 1. The molecule has 104 valence electrons. The fraction of sp³-hybridized carbons (Fsp3) is 0.500. The number of rotatable bonds is 4. The van der Waals surface area contributed by atoms with Crippen molar-refractivity contribution in [2.45, 2.75) is 13.0 Å². The summed E-state index contributed by atoms with van der Waals surface area (Å²) in [6.45, 7) is 5.53.